The van der Waals surface area contributed by atoms with Crippen molar-refractivity contribution in [1.29, 1.82) is 5.26 Å². The molecule has 0 bridgehead atoms. The van der Waals surface area contributed by atoms with Gasteiger partial charge in [0.15, 0.2) is 5.92 Å². The van der Waals surface area contributed by atoms with Gasteiger partial charge in [0, 0.05) is 6.54 Å². The van der Waals surface area contributed by atoms with E-state index in [0.717, 1.165) is 0 Å². The number of ether oxygens (including phenoxy) is 1. The van der Waals surface area contributed by atoms with Crippen molar-refractivity contribution in [2.75, 3.05) is 20.3 Å². The predicted molar refractivity (Wildman–Crippen MR) is 57.7 cm³/mol. The zero-order valence-corrected chi connectivity index (χ0v) is 9.84. The number of nitrogens with zero attached hydrogens (tertiary/aromatic N) is 2. The third-order valence-corrected chi connectivity index (χ3v) is 2.09. The monoisotopic (exact) mass is 230 g/mol. The number of nitriles is 1. The van der Waals surface area contributed by atoms with Crippen LogP contribution in [0.2, 0.25) is 0 Å². The quantitative estimate of drug-likeness (QED) is 0.397. The Bertz CT molecular complexity index is 271. The van der Waals surface area contributed by atoms with E-state index < -0.39 is 11.9 Å². The Morgan fingerprint density at radius 3 is 2.53 bits per heavy atom. The van der Waals surface area contributed by atoms with E-state index in [2.05, 4.69) is 0 Å². The lowest BCUT2D eigenvalue weighted by molar-refractivity contribution is -0.145. The average Bonchev–Trinajstić information content (AvgIpc) is 2.21. The number of rotatable bonds is 5. The molecule has 0 radical (unpaired) electrons. The Kier molecular flexibility index (Phi) is 6.58. The molecule has 0 rings (SSSR count). The van der Waals surface area contributed by atoms with E-state index in [1.54, 1.807) is 19.9 Å². The summed E-state index contributed by atoms with van der Waals surface area (Å²) in [5.41, 5.74) is 0. The molecular formula is C9H14N2O3S. The van der Waals surface area contributed by atoms with Crippen LogP contribution < -0.4 is 0 Å². The number of thiocarbonyl (C=S) groups is 1. The van der Waals surface area contributed by atoms with Crippen molar-refractivity contribution >= 4 is 23.2 Å². The fraction of sp³-hybridized carbons (Fsp3) is 0.667. The minimum Gasteiger partial charge on any atom is -0.465 e. The molecule has 0 aliphatic carbocycles. The van der Waals surface area contributed by atoms with Crippen molar-refractivity contribution in [3.63, 3.8) is 0 Å². The van der Waals surface area contributed by atoms with Crippen LogP contribution in [-0.4, -0.2) is 36.3 Å². The Morgan fingerprint density at radius 1 is 1.60 bits per heavy atom. The van der Waals surface area contributed by atoms with Gasteiger partial charge < -0.3 is 4.74 Å². The molecule has 0 spiro atoms. The summed E-state index contributed by atoms with van der Waals surface area (Å²) in [4.78, 5) is 16.4. The molecule has 15 heavy (non-hydrogen) atoms. The number of hydrogen-bond acceptors (Lipinski definition) is 5. The van der Waals surface area contributed by atoms with E-state index in [0.29, 0.717) is 6.54 Å². The largest absolute Gasteiger partial charge is 0.465 e. The molecule has 6 heteroatoms. The predicted octanol–water partition coefficient (Wildman–Crippen LogP) is 0.900. The first-order valence-electron chi connectivity index (χ1n) is 4.54. The van der Waals surface area contributed by atoms with Gasteiger partial charge >= 0.3 is 5.97 Å². The maximum Gasteiger partial charge on any atom is 0.330 e. The summed E-state index contributed by atoms with van der Waals surface area (Å²) in [6.45, 7) is 4.16. The molecule has 0 aromatic heterocycles. The van der Waals surface area contributed by atoms with Gasteiger partial charge in [-0.25, -0.2) is 5.06 Å². The Morgan fingerprint density at radius 2 is 2.20 bits per heavy atom. The van der Waals surface area contributed by atoms with Gasteiger partial charge in [-0.2, -0.15) is 5.26 Å². The molecule has 0 aromatic rings. The highest BCUT2D eigenvalue weighted by atomic mass is 32.1. The summed E-state index contributed by atoms with van der Waals surface area (Å²) >= 11 is 4.96. The molecule has 0 N–H and O–H groups in total. The molecular weight excluding hydrogens is 216 g/mol. The summed E-state index contributed by atoms with van der Waals surface area (Å²) in [7, 11) is 1.43. The van der Waals surface area contributed by atoms with E-state index in [9.17, 15) is 4.79 Å². The van der Waals surface area contributed by atoms with Crippen molar-refractivity contribution < 1.29 is 14.4 Å². The van der Waals surface area contributed by atoms with Crippen molar-refractivity contribution in [3.05, 3.63) is 0 Å². The fourth-order valence-corrected chi connectivity index (χ4v) is 1.31. The molecule has 0 aliphatic heterocycles. The number of hydroxylamine groups is 2. The van der Waals surface area contributed by atoms with Crippen LogP contribution in [0.5, 0.6) is 0 Å². The molecule has 1 unspecified atom stereocenters. The van der Waals surface area contributed by atoms with Crippen molar-refractivity contribution in [2.24, 2.45) is 5.92 Å². The van der Waals surface area contributed by atoms with Gasteiger partial charge in [0.1, 0.15) is 4.99 Å². The summed E-state index contributed by atoms with van der Waals surface area (Å²) in [5.74, 6) is -1.72. The van der Waals surface area contributed by atoms with Gasteiger partial charge in [-0.05, 0) is 13.8 Å². The lowest BCUT2D eigenvalue weighted by atomic mass is 10.1. The molecule has 5 nitrogen and oxygen atoms in total. The van der Waals surface area contributed by atoms with E-state index in [1.165, 1.54) is 12.2 Å². The van der Waals surface area contributed by atoms with Crippen LogP contribution >= 0.6 is 12.2 Å². The van der Waals surface area contributed by atoms with Gasteiger partial charge in [-0.15, -0.1) is 0 Å². The third-order valence-electron chi connectivity index (χ3n) is 1.65. The third kappa shape index (κ3) is 3.81. The van der Waals surface area contributed by atoms with Crippen LogP contribution in [-0.2, 0) is 14.4 Å². The highest BCUT2D eigenvalue weighted by Crippen LogP contribution is 2.07. The van der Waals surface area contributed by atoms with E-state index in [-0.39, 0.29) is 11.6 Å². The first-order valence-corrected chi connectivity index (χ1v) is 4.94. The lowest BCUT2D eigenvalue weighted by Gasteiger charge is -2.22. The molecule has 0 fully saturated rings. The van der Waals surface area contributed by atoms with Crippen molar-refractivity contribution in [2.45, 2.75) is 13.8 Å². The fourth-order valence-electron chi connectivity index (χ4n) is 0.953. The van der Waals surface area contributed by atoms with E-state index in [1.807, 2.05) is 0 Å². The molecule has 0 heterocycles. The summed E-state index contributed by atoms with van der Waals surface area (Å²) in [6, 6.07) is 1.80. The van der Waals surface area contributed by atoms with Crippen LogP contribution in [0.15, 0.2) is 0 Å². The Hall–Kier alpha value is -1.19. The zero-order valence-electron chi connectivity index (χ0n) is 9.02. The maximum atomic E-state index is 11.3. The van der Waals surface area contributed by atoms with Crippen LogP contribution in [0.3, 0.4) is 0 Å². The molecule has 0 amide bonds. The second-order valence-electron chi connectivity index (χ2n) is 2.53. The standard InChI is InChI=1S/C9H14N2O3S/c1-4-11(13-3)8(15)7(6-10)9(12)14-5-2/h7H,4-5H2,1-3H3. The van der Waals surface area contributed by atoms with Crippen LogP contribution in [0.25, 0.3) is 0 Å². The minimum absolute atomic E-state index is 0.126. The van der Waals surface area contributed by atoms with Gasteiger partial charge in [0.2, 0.25) is 0 Å². The minimum atomic E-state index is -1.08. The highest BCUT2D eigenvalue weighted by Gasteiger charge is 2.28. The van der Waals surface area contributed by atoms with E-state index >= 15 is 0 Å². The van der Waals surface area contributed by atoms with Gasteiger partial charge in [-0.1, -0.05) is 12.2 Å². The average molecular weight is 230 g/mol. The molecule has 0 saturated heterocycles. The van der Waals surface area contributed by atoms with E-state index in [4.69, 9.17) is 27.1 Å². The topological polar surface area (TPSA) is 62.6 Å². The smallest absolute Gasteiger partial charge is 0.330 e. The molecule has 0 saturated carbocycles. The second-order valence-corrected chi connectivity index (χ2v) is 2.95. The first-order chi connectivity index (χ1) is 7.12. The summed E-state index contributed by atoms with van der Waals surface area (Å²) in [5, 5.41) is 10.1. The number of carbonyl (C=O) groups excluding carboxylic acids is 1. The first kappa shape index (κ1) is 13.8. The molecule has 84 valence electrons. The van der Waals surface area contributed by atoms with Crippen LogP contribution in [0.1, 0.15) is 13.8 Å². The van der Waals surface area contributed by atoms with Gasteiger partial charge in [0.05, 0.1) is 19.8 Å². The normalized spacial score (nSPS) is 11.3. The molecule has 1 atom stereocenters. The summed E-state index contributed by atoms with van der Waals surface area (Å²) in [6.07, 6.45) is 0. The maximum absolute atomic E-state index is 11.3. The number of carbonyl (C=O) groups is 1. The van der Waals surface area contributed by atoms with Crippen molar-refractivity contribution in [3.8, 4) is 6.07 Å². The molecule has 0 aromatic carbocycles. The lowest BCUT2D eigenvalue weighted by Crippen LogP contribution is -2.37. The van der Waals surface area contributed by atoms with Crippen LogP contribution in [0, 0.1) is 17.2 Å². The SMILES string of the molecule is CCOC(=O)C(C#N)C(=S)N(CC)OC. The molecule has 0 aliphatic rings. The second kappa shape index (κ2) is 7.15. The summed E-state index contributed by atoms with van der Waals surface area (Å²) < 4.78 is 4.72. The van der Waals surface area contributed by atoms with Crippen LogP contribution in [0.4, 0.5) is 0 Å². The Balaban J connectivity index is 4.61. The van der Waals surface area contributed by atoms with Crippen molar-refractivity contribution in [1.82, 2.24) is 5.06 Å². The van der Waals surface area contributed by atoms with Gasteiger partial charge in [-0.3, -0.25) is 9.63 Å². The number of esters is 1. The highest BCUT2D eigenvalue weighted by molar-refractivity contribution is 7.80. The number of hydrogen-bond donors (Lipinski definition) is 0. The zero-order chi connectivity index (χ0) is 11.8. The Labute approximate surface area is 94.5 Å². The van der Waals surface area contributed by atoms with Gasteiger partial charge in [0.25, 0.3) is 0 Å².